The van der Waals surface area contributed by atoms with Gasteiger partial charge in [-0.15, -0.1) is 0 Å². The van der Waals surface area contributed by atoms with Gasteiger partial charge >= 0.3 is 0 Å². The molecule has 1 aromatic carbocycles. The van der Waals surface area contributed by atoms with E-state index in [0.29, 0.717) is 12.5 Å². The van der Waals surface area contributed by atoms with Gasteiger partial charge in [-0.1, -0.05) is 6.07 Å². The Morgan fingerprint density at radius 1 is 1.23 bits per heavy atom. The molecule has 0 amide bonds. The molecule has 4 rings (SSSR count). The fourth-order valence-electron chi connectivity index (χ4n) is 4.11. The van der Waals surface area contributed by atoms with Crippen LogP contribution in [0.25, 0.3) is 0 Å². The number of aliphatic hydroxyl groups is 1. The molecular formula is C20H27N5O. The third-order valence-corrected chi connectivity index (χ3v) is 5.32. The Morgan fingerprint density at radius 3 is 2.81 bits per heavy atom. The molecule has 1 fully saturated rings. The summed E-state index contributed by atoms with van der Waals surface area (Å²) in [5.74, 6) is 0.657. The highest BCUT2D eigenvalue weighted by Gasteiger charge is 2.31. The maximum absolute atomic E-state index is 10.3. The fourth-order valence-corrected chi connectivity index (χ4v) is 4.11. The Morgan fingerprint density at radius 2 is 2.04 bits per heavy atom. The van der Waals surface area contributed by atoms with Crippen molar-refractivity contribution in [2.75, 3.05) is 25.0 Å². The van der Waals surface area contributed by atoms with Crippen LogP contribution in [-0.2, 0) is 13.0 Å². The molecule has 2 atom stereocenters. The number of hydrogen-bond acceptors (Lipinski definition) is 6. The summed E-state index contributed by atoms with van der Waals surface area (Å²) >= 11 is 0. The van der Waals surface area contributed by atoms with E-state index in [4.69, 9.17) is 4.98 Å². The van der Waals surface area contributed by atoms with Crippen molar-refractivity contribution in [2.45, 2.75) is 45.4 Å². The molecule has 0 radical (unpaired) electrons. The number of nitrogens with zero attached hydrogens (tertiary/aromatic N) is 3. The first-order chi connectivity index (χ1) is 12.6. The Bertz CT molecular complexity index is 774. The van der Waals surface area contributed by atoms with Crippen LogP contribution in [0.3, 0.4) is 0 Å². The average molecular weight is 353 g/mol. The molecule has 0 saturated carbocycles. The van der Waals surface area contributed by atoms with Gasteiger partial charge in [-0.2, -0.15) is 0 Å². The van der Waals surface area contributed by atoms with Crippen molar-refractivity contribution in [3.63, 3.8) is 0 Å². The number of hydrogen-bond donors (Lipinski definition) is 3. The van der Waals surface area contributed by atoms with Crippen molar-refractivity contribution in [3.8, 4) is 0 Å². The molecular weight excluding hydrogens is 326 g/mol. The van der Waals surface area contributed by atoms with E-state index in [1.54, 1.807) is 0 Å². The lowest BCUT2D eigenvalue weighted by molar-refractivity contribution is 0.0216. The van der Waals surface area contributed by atoms with E-state index < -0.39 is 0 Å². The van der Waals surface area contributed by atoms with Crippen LogP contribution in [0.1, 0.15) is 28.8 Å². The molecule has 6 nitrogen and oxygen atoms in total. The number of aliphatic hydroxyl groups excluding tert-OH is 1. The second kappa shape index (κ2) is 7.31. The van der Waals surface area contributed by atoms with E-state index in [1.165, 1.54) is 16.7 Å². The summed E-state index contributed by atoms with van der Waals surface area (Å²) in [7, 11) is 0. The van der Waals surface area contributed by atoms with Crippen LogP contribution < -0.4 is 10.6 Å². The highest BCUT2D eigenvalue weighted by molar-refractivity contribution is 5.56. The van der Waals surface area contributed by atoms with Crippen LogP contribution in [0.5, 0.6) is 0 Å². The lowest BCUT2D eigenvalue weighted by atomic mass is 9.98. The smallest absolute Gasteiger partial charge is 0.227 e. The predicted octanol–water partition coefficient (Wildman–Crippen LogP) is 1.92. The first-order valence-electron chi connectivity index (χ1n) is 9.41. The number of anilines is 2. The van der Waals surface area contributed by atoms with Crippen molar-refractivity contribution < 1.29 is 5.11 Å². The molecule has 138 valence electrons. The number of rotatable bonds is 3. The first kappa shape index (κ1) is 17.4. The van der Waals surface area contributed by atoms with E-state index >= 15 is 0 Å². The zero-order valence-corrected chi connectivity index (χ0v) is 15.5. The van der Waals surface area contributed by atoms with Crippen molar-refractivity contribution in [2.24, 2.45) is 0 Å². The van der Waals surface area contributed by atoms with Crippen LogP contribution in [0.2, 0.25) is 0 Å². The standard InChI is InChI=1S/C20H27N5O/c1-13-7-14(2)9-16(8-13)23-20-22-10-15-12-25(6-4-17(15)24-20)18-3-5-21-11-19(18)26/h7-10,18-19,21,26H,3-6,11-12H2,1-2H3,(H,22,23,24). The van der Waals surface area contributed by atoms with Gasteiger partial charge in [0.2, 0.25) is 5.95 Å². The summed E-state index contributed by atoms with van der Waals surface area (Å²) in [6.07, 6.45) is 3.53. The minimum absolute atomic E-state index is 0.234. The molecule has 1 saturated heterocycles. The Hall–Kier alpha value is -2.02. The molecule has 2 aromatic rings. The van der Waals surface area contributed by atoms with Gasteiger partial charge in [-0.25, -0.2) is 9.97 Å². The largest absolute Gasteiger partial charge is 0.390 e. The highest BCUT2D eigenvalue weighted by atomic mass is 16.3. The molecule has 2 aliphatic rings. The van der Waals surface area contributed by atoms with Crippen LogP contribution in [-0.4, -0.2) is 51.8 Å². The second-order valence-electron chi connectivity index (χ2n) is 7.51. The molecule has 0 aliphatic carbocycles. The molecule has 3 N–H and O–H groups in total. The zero-order chi connectivity index (χ0) is 18.1. The minimum atomic E-state index is -0.295. The van der Waals surface area contributed by atoms with E-state index in [-0.39, 0.29) is 12.1 Å². The normalized spacial score (nSPS) is 23.5. The van der Waals surface area contributed by atoms with Gasteiger partial charge in [0.1, 0.15) is 0 Å². The molecule has 6 heteroatoms. The average Bonchev–Trinajstić information content (AvgIpc) is 2.61. The number of fused-ring (bicyclic) bond motifs is 1. The first-order valence-corrected chi connectivity index (χ1v) is 9.41. The number of nitrogens with one attached hydrogen (secondary N) is 2. The SMILES string of the molecule is Cc1cc(C)cc(Nc2ncc3c(n2)CCN(C2CCNCC2O)C3)c1. The topological polar surface area (TPSA) is 73.3 Å². The van der Waals surface area contributed by atoms with E-state index in [2.05, 4.69) is 52.6 Å². The van der Waals surface area contributed by atoms with Crippen LogP contribution in [0, 0.1) is 13.8 Å². The molecule has 0 bridgehead atoms. The number of piperidine rings is 1. The molecule has 26 heavy (non-hydrogen) atoms. The molecule has 2 aliphatic heterocycles. The summed E-state index contributed by atoms with van der Waals surface area (Å²) in [6, 6.07) is 6.60. The Labute approximate surface area is 154 Å². The number of aromatic nitrogens is 2. The van der Waals surface area contributed by atoms with Gasteiger partial charge in [0.25, 0.3) is 0 Å². The zero-order valence-electron chi connectivity index (χ0n) is 15.5. The third kappa shape index (κ3) is 3.72. The van der Waals surface area contributed by atoms with Crippen molar-refractivity contribution in [1.29, 1.82) is 0 Å². The predicted molar refractivity (Wildman–Crippen MR) is 103 cm³/mol. The van der Waals surface area contributed by atoms with Gasteiger partial charge < -0.3 is 15.7 Å². The number of aryl methyl sites for hydroxylation is 2. The maximum Gasteiger partial charge on any atom is 0.227 e. The van der Waals surface area contributed by atoms with Crippen molar-refractivity contribution in [1.82, 2.24) is 20.2 Å². The van der Waals surface area contributed by atoms with Crippen LogP contribution in [0.15, 0.2) is 24.4 Å². The quantitative estimate of drug-likeness (QED) is 0.783. The number of β-amino-alcohol motifs (C(OH)–C–C–N with tert-alkyl or cyclic N) is 1. The summed E-state index contributed by atoms with van der Waals surface area (Å²) in [5.41, 5.74) is 5.76. The van der Waals surface area contributed by atoms with Gasteiger partial charge in [0.15, 0.2) is 0 Å². The fraction of sp³-hybridized carbons (Fsp3) is 0.500. The lowest BCUT2D eigenvalue weighted by Gasteiger charge is -2.40. The van der Waals surface area contributed by atoms with Crippen molar-refractivity contribution >= 4 is 11.6 Å². The van der Waals surface area contributed by atoms with Gasteiger partial charge in [0, 0.05) is 49.5 Å². The number of benzene rings is 1. The van der Waals surface area contributed by atoms with E-state index in [9.17, 15) is 5.11 Å². The summed E-state index contributed by atoms with van der Waals surface area (Å²) in [6.45, 7) is 7.60. The van der Waals surface area contributed by atoms with Gasteiger partial charge in [0.05, 0.1) is 11.8 Å². The molecule has 1 aromatic heterocycles. The lowest BCUT2D eigenvalue weighted by Crippen LogP contribution is -2.54. The molecule has 0 spiro atoms. The minimum Gasteiger partial charge on any atom is -0.390 e. The van der Waals surface area contributed by atoms with Crippen LogP contribution in [0.4, 0.5) is 11.6 Å². The molecule has 3 heterocycles. The Balaban J connectivity index is 1.48. The summed E-state index contributed by atoms with van der Waals surface area (Å²) in [5, 5.41) is 16.9. The van der Waals surface area contributed by atoms with E-state index in [0.717, 1.165) is 43.9 Å². The van der Waals surface area contributed by atoms with Crippen LogP contribution >= 0.6 is 0 Å². The van der Waals surface area contributed by atoms with Gasteiger partial charge in [-0.3, -0.25) is 4.90 Å². The van der Waals surface area contributed by atoms with Crippen molar-refractivity contribution in [3.05, 3.63) is 46.8 Å². The van der Waals surface area contributed by atoms with Gasteiger partial charge in [-0.05, 0) is 50.1 Å². The monoisotopic (exact) mass is 353 g/mol. The Kier molecular flexibility index (Phi) is 4.89. The summed E-state index contributed by atoms with van der Waals surface area (Å²) < 4.78 is 0. The molecule has 2 unspecified atom stereocenters. The third-order valence-electron chi connectivity index (χ3n) is 5.32. The highest BCUT2D eigenvalue weighted by Crippen LogP contribution is 2.24. The second-order valence-corrected chi connectivity index (χ2v) is 7.51. The maximum atomic E-state index is 10.3. The van der Waals surface area contributed by atoms with E-state index in [1.807, 2.05) is 6.20 Å². The summed E-state index contributed by atoms with van der Waals surface area (Å²) in [4.78, 5) is 11.6.